The second-order valence-corrected chi connectivity index (χ2v) is 1.28. The van der Waals surface area contributed by atoms with Gasteiger partial charge in [0.15, 0.2) is 0 Å². The van der Waals surface area contributed by atoms with Crippen LogP contribution in [0.25, 0.3) is 0 Å². The highest BCUT2D eigenvalue weighted by Crippen LogP contribution is 2.06. The Bertz CT molecular complexity index is 30.6. The molecule has 0 aromatic carbocycles. The highest BCUT2D eigenvalue weighted by atomic mass is 16.5. The van der Waals surface area contributed by atoms with Crippen LogP contribution in [0.3, 0.4) is 0 Å². The molecule has 0 aromatic rings. The van der Waals surface area contributed by atoms with E-state index in [1.807, 2.05) is 0 Å². The molecule has 1 nitrogen and oxygen atoms in total. The SMILES string of the molecule is [CH2]C1CCO1. The van der Waals surface area contributed by atoms with Crippen LogP contribution in [0, 0.1) is 6.92 Å². The quantitative estimate of drug-likeness (QED) is 0.406. The molecule has 0 N–H and O–H groups in total. The molecule has 29 valence electrons. The maximum absolute atomic E-state index is 4.82. The van der Waals surface area contributed by atoms with Gasteiger partial charge in [0, 0.05) is 6.61 Å². The van der Waals surface area contributed by atoms with E-state index in [0.29, 0.717) is 6.10 Å². The minimum absolute atomic E-state index is 0.315. The molecule has 1 fully saturated rings. The molecular weight excluding hydrogens is 64.0 g/mol. The second kappa shape index (κ2) is 0.977. The topological polar surface area (TPSA) is 9.23 Å². The molecule has 0 amide bonds. The summed E-state index contributed by atoms with van der Waals surface area (Å²) in [4.78, 5) is 0. The molecule has 1 heterocycles. The molecule has 1 aliphatic rings. The van der Waals surface area contributed by atoms with Gasteiger partial charge in [-0.1, -0.05) is 0 Å². The van der Waals surface area contributed by atoms with Crippen molar-refractivity contribution in [2.75, 3.05) is 6.61 Å². The van der Waals surface area contributed by atoms with Crippen LogP contribution in [0.1, 0.15) is 6.42 Å². The van der Waals surface area contributed by atoms with Crippen LogP contribution in [0.4, 0.5) is 0 Å². The van der Waals surface area contributed by atoms with Gasteiger partial charge >= 0.3 is 0 Å². The molecule has 0 aromatic heterocycles. The maximum Gasteiger partial charge on any atom is 0.0598 e. The summed E-state index contributed by atoms with van der Waals surface area (Å²) in [5.74, 6) is 0. The number of hydrogen-bond acceptors (Lipinski definition) is 1. The molecule has 1 radical (unpaired) electrons. The van der Waals surface area contributed by atoms with Gasteiger partial charge in [0.05, 0.1) is 6.10 Å². The fraction of sp³-hybridized carbons (Fsp3) is 0.750. The van der Waals surface area contributed by atoms with Crippen molar-refractivity contribution in [3.05, 3.63) is 6.92 Å². The normalized spacial score (nSPS) is 36.6. The van der Waals surface area contributed by atoms with Crippen LogP contribution >= 0.6 is 0 Å². The molecule has 0 aliphatic carbocycles. The number of ether oxygens (including phenoxy) is 1. The third-order valence-corrected chi connectivity index (χ3v) is 0.793. The zero-order valence-corrected chi connectivity index (χ0v) is 3.11. The van der Waals surface area contributed by atoms with E-state index in [-0.39, 0.29) is 0 Å². The van der Waals surface area contributed by atoms with E-state index >= 15 is 0 Å². The molecule has 0 bridgehead atoms. The van der Waals surface area contributed by atoms with E-state index in [1.165, 1.54) is 0 Å². The van der Waals surface area contributed by atoms with E-state index in [9.17, 15) is 0 Å². The summed E-state index contributed by atoms with van der Waals surface area (Å²) in [6.07, 6.45) is 1.47. The average molecular weight is 71.1 g/mol. The summed E-state index contributed by atoms with van der Waals surface area (Å²) in [6, 6.07) is 0. The smallest absolute Gasteiger partial charge is 0.0598 e. The van der Waals surface area contributed by atoms with Crippen molar-refractivity contribution >= 4 is 0 Å². The molecule has 0 spiro atoms. The average Bonchev–Trinajstić information content (AvgIpc) is 1.30. The fourth-order valence-electron chi connectivity index (χ4n) is 0.285. The monoisotopic (exact) mass is 71.0 g/mol. The number of hydrogen-bond donors (Lipinski definition) is 0. The standard InChI is InChI=1S/C4H7O/c1-4-2-3-5-4/h4H,1-3H2. The fourth-order valence-corrected chi connectivity index (χ4v) is 0.285. The highest BCUT2D eigenvalue weighted by molar-refractivity contribution is 4.66. The molecule has 1 rings (SSSR count). The predicted molar refractivity (Wildman–Crippen MR) is 19.7 cm³/mol. The van der Waals surface area contributed by atoms with E-state index in [4.69, 9.17) is 4.74 Å². The summed E-state index contributed by atoms with van der Waals surface area (Å²) >= 11 is 0. The van der Waals surface area contributed by atoms with Gasteiger partial charge in [-0.3, -0.25) is 0 Å². The Kier molecular flexibility index (Phi) is 0.618. The first kappa shape index (κ1) is 3.16. The molecule has 0 saturated carbocycles. The molecule has 1 atom stereocenters. The van der Waals surface area contributed by atoms with Crippen LogP contribution in [0.5, 0.6) is 0 Å². The Morgan fingerprint density at radius 3 is 2.20 bits per heavy atom. The lowest BCUT2D eigenvalue weighted by molar-refractivity contribution is -0.0204. The Morgan fingerprint density at radius 2 is 2.20 bits per heavy atom. The first-order chi connectivity index (χ1) is 2.39. The van der Waals surface area contributed by atoms with Crippen molar-refractivity contribution in [1.29, 1.82) is 0 Å². The Morgan fingerprint density at radius 1 is 1.80 bits per heavy atom. The third kappa shape index (κ3) is 0.428. The Balaban J connectivity index is 2.08. The van der Waals surface area contributed by atoms with Crippen molar-refractivity contribution in [1.82, 2.24) is 0 Å². The summed E-state index contributed by atoms with van der Waals surface area (Å²) in [5.41, 5.74) is 0. The van der Waals surface area contributed by atoms with Gasteiger partial charge in [-0.15, -0.1) is 0 Å². The third-order valence-electron chi connectivity index (χ3n) is 0.793. The van der Waals surface area contributed by atoms with E-state index in [1.54, 1.807) is 0 Å². The lowest BCUT2D eigenvalue weighted by atomic mass is 10.2. The first-order valence-electron chi connectivity index (χ1n) is 1.84. The Labute approximate surface area is 31.9 Å². The van der Waals surface area contributed by atoms with Crippen LogP contribution in [0.15, 0.2) is 0 Å². The highest BCUT2D eigenvalue weighted by Gasteiger charge is 2.09. The maximum atomic E-state index is 4.82. The van der Waals surface area contributed by atoms with E-state index in [0.717, 1.165) is 13.0 Å². The van der Waals surface area contributed by atoms with Crippen LogP contribution in [-0.2, 0) is 4.74 Å². The Hall–Kier alpha value is -0.0400. The molecule has 1 unspecified atom stereocenters. The van der Waals surface area contributed by atoms with Gasteiger partial charge in [-0.25, -0.2) is 0 Å². The molecule has 1 heteroatoms. The minimum Gasteiger partial charge on any atom is -0.378 e. The van der Waals surface area contributed by atoms with Crippen molar-refractivity contribution in [3.8, 4) is 0 Å². The zero-order valence-electron chi connectivity index (χ0n) is 3.11. The van der Waals surface area contributed by atoms with Gasteiger partial charge in [0.2, 0.25) is 0 Å². The molecule has 1 aliphatic heterocycles. The van der Waals surface area contributed by atoms with Crippen LogP contribution in [0.2, 0.25) is 0 Å². The largest absolute Gasteiger partial charge is 0.378 e. The van der Waals surface area contributed by atoms with Gasteiger partial charge in [-0.05, 0) is 13.3 Å². The summed E-state index contributed by atoms with van der Waals surface area (Å²) in [6.45, 7) is 4.55. The lowest BCUT2D eigenvalue weighted by Crippen LogP contribution is -2.22. The first-order valence-corrected chi connectivity index (χ1v) is 1.84. The lowest BCUT2D eigenvalue weighted by Gasteiger charge is -2.20. The van der Waals surface area contributed by atoms with Crippen LogP contribution < -0.4 is 0 Å². The van der Waals surface area contributed by atoms with Crippen molar-refractivity contribution < 1.29 is 4.74 Å². The van der Waals surface area contributed by atoms with Crippen molar-refractivity contribution in [3.63, 3.8) is 0 Å². The molecular formula is C4H7O. The summed E-state index contributed by atoms with van der Waals surface area (Å²) in [5, 5.41) is 0. The predicted octanol–water partition coefficient (Wildman–Crippen LogP) is 0.609. The van der Waals surface area contributed by atoms with Crippen molar-refractivity contribution in [2.24, 2.45) is 0 Å². The van der Waals surface area contributed by atoms with Crippen molar-refractivity contribution in [2.45, 2.75) is 12.5 Å². The minimum atomic E-state index is 0.315. The van der Waals surface area contributed by atoms with Gasteiger partial charge in [0.1, 0.15) is 0 Å². The number of rotatable bonds is 0. The van der Waals surface area contributed by atoms with E-state index < -0.39 is 0 Å². The second-order valence-electron chi connectivity index (χ2n) is 1.28. The zero-order chi connectivity index (χ0) is 3.70. The van der Waals surface area contributed by atoms with Gasteiger partial charge < -0.3 is 4.74 Å². The molecule has 1 saturated heterocycles. The van der Waals surface area contributed by atoms with Gasteiger partial charge in [-0.2, -0.15) is 0 Å². The molecule has 5 heavy (non-hydrogen) atoms. The summed E-state index contributed by atoms with van der Waals surface area (Å²) < 4.78 is 4.82. The summed E-state index contributed by atoms with van der Waals surface area (Å²) in [7, 11) is 0. The van der Waals surface area contributed by atoms with Gasteiger partial charge in [0.25, 0.3) is 0 Å². The van der Waals surface area contributed by atoms with E-state index in [2.05, 4.69) is 6.92 Å². The van der Waals surface area contributed by atoms with Crippen LogP contribution in [-0.4, -0.2) is 12.7 Å².